The van der Waals surface area contributed by atoms with Crippen LogP contribution in [0, 0.1) is 5.82 Å². The number of piperidine rings is 1. The number of nitrogens with zero attached hydrogens (tertiary/aromatic N) is 2. The van der Waals surface area contributed by atoms with Crippen molar-refractivity contribution in [2.24, 2.45) is 0 Å². The summed E-state index contributed by atoms with van der Waals surface area (Å²) in [5.74, 6) is -0.745. The van der Waals surface area contributed by atoms with Crippen molar-refractivity contribution in [1.29, 1.82) is 0 Å². The smallest absolute Gasteiger partial charge is 0.243 e. The first-order chi connectivity index (χ1) is 13.8. The van der Waals surface area contributed by atoms with E-state index in [4.69, 9.17) is 0 Å². The number of hydrogen-bond donors (Lipinski definition) is 1. The van der Waals surface area contributed by atoms with Gasteiger partial charge in [0.05, 0.1) is 22.7 Å². The molecule has 2 aromatic carbocycles. The third-order valence-electron chi connectivity index (χ3n) is 4.93. The molecule has 0 spiro atoms. The topological polar surface area (TPSA) is 69.7 Å². The molecule has 0 atom stereocenters. The number of carbonyl (C=O) groups excluding carboxylic acids is 1. The Morgan fingerprint density at radius 3 is 2.48 bits per heavy atom. The molecule has 0 bridgehead atoms. The van der Waals surface area contributed by atoms with Crippen LogP contribution in [0.1, 0.15) is 24.8 Å². The van der Waals surface area contributed by atoms with Crippen LogP contribution in [0.2, 0.25) is 0 Å². The van der Waals surface area contributed by atoms with Gasteiger partial charge >= 0.3 is 0 Å². The summed E-state index contributed by atoms with van der Waals surface area (Å²) < 4.78 is 40.9. The van der Waals surface area contributed by atoms with E-state index in [0.717, 1.165) is 19.3 Å². The molecule has 1 aliphatic heterocycles. The van der Waals surface area contributed by atoms with Gasteiger partial charge in [0.15, 0.2) is 0 Å². The maximum absolute atomic E-state index is 13.4. The first-order valence-electron chi connectivity index (χ1n) is 9.63. The van der Waals surface area contributed by atoms with Gasteiger partial charge in [-0.25, -0.2) is 12.8 Å². The third-order valence-corrected chi connectivity index (χ3v) is 6.83. The lowest BCUT2D eigenvalue weighted by molar-refractivity contribution is -0.115. The highest BCUT2D eigenvalue weighted by atomic mass is 32.2. The normalized spacial score (nSPS) is 15.1. The average Bonchev–Trinajstić information content (AvgIpc) is 2.68. The maximum Gasteiger partial charge on any atom is 0.243 e. The predicted octanol–water partition coefficient (Wildman–Crippen LogP) is 3.25. The van der Waals surface area contributed by atoms with Crippen LogP contribution in [-0.2, 0) is 21.2 Å². The van der Waals surface area contributed by atoms with Gasteiger partial charge in [0, 0.05) is 27.2 Å². The van der Waals surface area contributed by atoms with Crippen LogP contribution in [-0.4, -0.2) is 45.8 Å². The second kappa shape index (κ2) is 8.92. The van der Waals surface area contributed by atoms with Gasteiger partial charge in [0.1, 0.15) is 5.82 Å². The van der Waals surface area contributed by atoms with E-state index in [-0.39, 0.29) is 17.2 Å². The number of anilines is 2. The SMILES string of the molecule is CN(C)c1ccc(S(=O)(=O)N2CCCCC2)cc1NC(=O)Cc1cccc(F)c1. The predicted molar refractivity (Wildman–Crippen MR) is 112 cm³/mol. The zero-order valence-corrected chi connectivity index (χ0v) is 17.5. The number of amides is 1. The van der Waals surface area contributed by atoms with Crippen LogP contribution in [0.25, 0.3) is 0 Å². The van der Waals surface area contributed by atoms with Crippen molar-refractivity contribution in [2.75, 3.05) is 37.4 Å². The van der Waals surface area contributed by atoms with E-state index in [2.05, 4.69) is 5.32 Å². The molecule has 1 N–H and O–H groups in total. The van der Waals surface area contributed by atoms with Crippen LogP contribution in [0.3, 0.4) is 0 Å². The zero-order valence-electron chi connectivity index (χ0n) is 16.7. The van der Waals surface area contributed by atoms with Gasteiger partial charge < -0.3 is 10.2 Å². The molecule has 1 heterocycles. The third kappa shape index (κ3) is 5.13. The van der Waals surface area contributed by atoms with E-state index in [1.54, 1.807) is 29.2 Å². The van der Waals surface area contributed by atoms with Crippen LogP contribution < -0.4 is 10.2 Å². The molecule has 0 aliphatic carbocycles. The molecule has 0 saturated carbocycles. The van der Waals surface area contributed by atoms with Gasteiger partial charge in [-0.05, 0) is 48.7 Å². The van der Waals surface area contributed by atoms with Crippen LogP contribution in [0.4, 0.5) is 15.8 Å². The Labute approximate surface area is 171 Å². The fourth-order valence-electron chi connectivity index (χ4n) is 3.45. The number of benzene rings is 2. The highest BCUT2D eigenvalue weighted by molar-refractivity contribution is 7.89. The second-order valence-electron chi connectivity index (χ2n) is 7.39. The zero-order chi connectivity index (χ0) is 21.0. The van der Waals surface area contributed by atoms with E-state index in [1.165, 1.54) is 22.5 Å². The van der Waals surface area contributed by atoms with Crippen molar-refractivity contribution >= 4 is 27.3 Å². The fraction of sp³-hybridized carbons (Fsp3) is 0.381. The Morgan fingerprint density at radius 1 is 1.10 bits per heavy atom. The number of carbonyl (C=O) groups is 1. The number of hydrogen-bond acceptors (Lipinski definition) is 4. The number of sulfonamides is 1. The van der Waals surface area contributed by atoms with Crippen molar-refractivity contribution in [3.05, 3.63) is 53.8 Å². The monoisotopic (exact) mass is 419 g/mol. The van der Waals surface area contributed by atoms with Crippen molar-refractivity contribution in [2.45, 2.75) is 30.6 Å². The molecule has 2 aromatic rings. The molecule has 0 radical (unpaired) electrons. The maximum atomic E-state index is 13.4. The highest BCUT2D eigenvalue weighted by Crippen LogP contribution is 2.30. The van der Waals surface area contributed by atoms with E-state index in [0.29, 0.717) is 30.0 Å². The van der Waals surface area contributed by atoms with E-state index in [1.807, 2.05) is 14.1 Å². The minimum Gasteiger partial charge on any atom is -0.376 e. The molecule has 1 amide bonds. The van der Waals surface area contributed by atoms with Crippen LogP contribution in [0.15, 0.2) is 47.4 Å². The van der Waals surface area contributed by atoms with Gasteiger partial charge in [0.25, 0.3) is 0 Å². The molecule has 1 saturated heterocycles. The minimum absolute atomic E-state index is 0.00622. The summed E-state index contributed by atoms with van der Waals surface area (Å²) in [5, 5.41) is 2.79. The Balaban J connectivity index is 1.86. The first kappa shape index (κ1) is 21.3. The Kier molecular flexibility index (Phi) is 6.54. The van der Waals surface area contributed by atoms with Gasteiger partial charge in [-0.2, -0.15) is 4.31 Å². The van der Waals surface area contributed by atoms with Crippen molar-refractivity contribution in [3.63, 3.8) is 0 Å². The molecule has 156 valence electrons. The number of rotatable bonds is 6. The molecular formula is C21H26FN3O3S. The van der Waals surface area contributed by atoms with Crippen molar-refractivity contribution in [1.82, 2.24) is 4.31 Å². The van der Waals surface area contributed by atoms with Crippen LogP contribution >= 0.6 is 0 Å². The molecule has 3 rings (SSSR count). The largest absolute Gasteiger partial charge is 0.376 e. The van der Waals surface area contributed by atoms with Gasteiger partial charge in [-0.3, -0.25) is 4.79 Å². The van der Waals surface area contributed by atoms with Gasteiger partial charge in [0.2, 0.25) is 15.9 Å². The molecule has 0 unspecified atom stereocenters. The number of halogens is 1. The molecule has 8 heteroatoms. The Morgan fingerprint density at radius 2 is 1.83 bits per heavy atom. The van der Waals surface area contributed by atoms with Gasteiger partial charge in [-0.15, -0.1) is 0 Å². The molecule has 29 heavy (non-hydrogen) atoms. The van der Waals surface area contributed by atoms with Crippen molar-refractivity contribution in [3.8, 4) is 0 Å². The molecule has 1 aliphatic rings. The quantitative estimate of drug-likeness (QED) is 0.780. The van der Waals surface area contributed by atoms with E-state index >= 15 is 0 Å². The summed E-state index contributed by atoms with van der Waals surface area (Å²) in [6, 6.07) is 10.6. The van der Waals surface area contributed by atoms with Gasteiger partial charge in [-0.1, -0.05) is 18.6 Å². The fourth-order valence-corrected chi connectivity index (χ4v) is 4.99. The van der Waals surface area contributed by atoms with Crippen LogP contribution in [0.5, 0.6) is 0 Å². The summed E-state index contributed by atoms with van der Waals surface area (Å²) in [6.07, 6.45) is 2.74. The lowest BCUT2D eigenvalue weighted by atomic mass is 10.1. The molecule has 1 fully saturated rings. The molecular weight excluding hydrogens is 393 g/mol. The summed E-state index contributed by atoms with van der Waals surface area (Å²) in [4.78, 5) is 14.5. The standard InChI is InChI=1S/C21H26FN3O3S/c1-24(2)20-10-9-18(29(27,28)25-11-4-3-5-12-25)15-19(20)23-21(26)14-16-7-6-8-17(22)13-16/h6-10,13,15H,3-5,11-12,14H2,1-2H3,(H,23,26). The highest BCUT2D eigenvalue weighted by Gasteiger charge is 2.27. The lowest BCUT2D eigenvalue weighted by Gasteiger charge is -2.26. The minimum atomic E-state index is -3.61. The molecule has 6 nitrogen and oxygen atoms in total. The first-order valence-corrected chi connectivity index (χ1v) is 11.1. The average molecular weight is 420 g/mol. The summed E-state index contributed by atoms with van der Waals surface area (Å²) in [5.41, 5.74) is 1.65. The second-order valence-corrected chi connectivity index (χ2v) is 9.33. The lowest BCUT2D eigenvalue weighted by Crippen LogP contribution is -2.35. The summed E-state index contributed by atoms with van der Waals surface area (Å²) in [7, 11) is 0.0183. The van der Waals surface area contributed by atoms with Crippen molar-refractivity contribution < 1.29 is 17.6 Å². The number of nitrogens with one attached hydrogen (secondary N) is 1. The van der Waals surface area contributed by atoms with E-state index in [9.17, 15) is 17.6 Å². The molecule has 0 aromatic heterocycles. The Bertz CT molecular complexity index is 986. The summed E-state index contributed by atoms with van der Waals surface area (Å²) >= 11 is 0. The summed E-state index contributed by atoms with van der Waals surface area (Å²) in [6.45, 7) is 1.03. The van der Waals surface area contributed by atoms with E-state index < -0.39 is 15.8 Å². The Hall–Kier alpha value is -2.45.